The molecule has 10 atom stereocenters. The van der Waals surface area contributed by atoms with Crippen molar-refractivity contribution < 1.29 is 69.2 Å². The van der Waals surface area contributed by atoms with E-state index >= 15 is 0 Å². The molecule has 1 fully saturated rings. The number of primary amides is 2. The predicted molar refractivity (Wildman–Crippen MR) is 187 cm³/mol. The van der Waals surface area contributed by atoms with E-state index in [9.17, 15) is 64.5 Å². The smallest absolute Gasteiger partial charge is 0.329 e. The lowest BCUT2D eigenvalue weighted by Crippen LogP contribution is -2.65. The highest BCUT2D eigenvalue weighted by Crippen LogP contribution is 2.24. The Morgan fingerprint density at radius 3 is 2.06 bits per heavy atom. The van der Waals surface area contributed by atoms with Crippen LogP contribution in [0.1, 0.15) is 70.5 Å². The van der Waals surface area contributed by atoms with Gasteiger partial charge in [-0.2, -0.15) is 0 Å². The van der Waals surface area contributed by atoms with Gasteiger partial charge in [-0.15, -0.1) is 0 Å². The lowest BCUT2D eigenvalue weighted by atomic mass is 9.95. The molecule has 0 radical (unpaired) electrons. The first-order chi connectivity index (χ1) is 25.3. The summed E-state index contributed by atoms with van der Waals surface area (Å²) in [6, 6.07) is 0.468. The summed E-state index contributed by atoms with van der Waals surface area (Å²) in [5.74, 6) is -9.82. The summed E-state index contributed by atoms with van der Waals surface area (Å²) in [4.78, 5) is 75.8. The first-order valence-electron chi connectivity index (χ1n) is 17.5. The van der Waals surface area contributed by atoms with Gasteiger partial charge in [-0.05, 0) is 17.9 Å². The van der Waals surface area contributed by atoms with E-state index in [1.807, 2.05) is 10.6 Å². The third kappa shape index (κ3) is 14.2. The fraction of sp³-hybridized carbons (Fsp3) is 0.647. The third-order valence-electron chi connectivity index (χ3n) is 8.86. The van der Waals surface area contributed by atoms with Crippen LogP contribution in [-0.4, -0.2) is 139 Å². The van der Waals surface area contributed by atoms with E-state index in [1.54, 1.807) is 6.07 Å². The monoisotopic (exact) mass is 770 g/mol. The molecule has 20 heteroatoms. The number of aliphatic hydroxyl groups excluding tert-OH is 5. The summed E-state index contributed by atoms with van der Waals surface area (Å²) in [6.07, 6.45) is -7.04. The number of nitrogens with one attached hydrogen (secondary N) is 4. The van der Waals surface area contributed by atoms with Crippen LogP contribution in [0.2, 0.25) is 0 Å². The van der Waals surface area contributed by atoms with Gasteiger partial charge in [-0.3, -0.25) is 24.0 Å². The number of hydrogen-bond donors (Lipinski definition) is 13. The zero-order chi connectivity index (χ0) is 40.7. The summed E-state index contributed by atoms with van der Waals surface area (Å²) in [7, 11) is 0. The average Bonchev–Trinajstić information content (AvgIpc) is 3.11. The van der Waals surface area contributed by atoms with Crippen LogP contribution in [0.15, 0.2) is 30.3 Å². The molecule has 0 aliphatic carbocycles. The predicted octanol–water partition coefficient (Wildman–Crippen LogP) is -4.26. The first-order valence-corrected chi connectivity index (χ1v) is 17.5. The molecule has 1 aromatic carbocycles. The van der Waals surface area contributed by atoms with Crippen LogP contribution in [0.3, 0.4) is 0 Å². The Kier molecular flexibility index (Phi) is 18.3. The minimum absolute atomic E-state index is 0.0850. The molecule has 1 aliphatic heterocycles. The Bertz CT molecular complexity index is 1420. The van der Waals surface area contributed by atoms with Crippen molar-refractivity contribution >= 4 is 35.5 Å². The second-order valence-electron chi connectivity index (χ2n) is 13.8. The molecule has 1 aliphatic rings. The molecule has 5 amide bonds. The maximum Gasteiger partial charge on any atom is 0.329 e. The van der Waals surface area contributed by atoms with Gasteiger partial charge in [0.1, 0.15) is 36.5 Å². The van der Waals surface area contributed by atoms with Gasteiger partial charge >= 0.3 is 5.97 Å². The van der Waals surface area contributed by atoms with Gasteiger partial charge in [-0.25, -0.2) is 4.79 Å². The van der Waals surface area contributed by atoms with E-state index in [2.05, 4.69) is 24.5 Å². The molecule has 2 rings (SSSR count). The van der Waals surface area contributed by atoms with Crippen molar-refractivity contribution in [3.05, 3.63) is 35.9 Å². The number of carboxylic acid groups (broad SMARTS) is 1. The van der Waals surface area contributed by atoms with Crippen LogP contribution < -0.4 is 32.7 Å². The Morgan fingerprint density at radius 1 is 0.870 bits per heavy atom. The van der Waals surface area contributed by atoms with Crippen molar-refractivity contribution in [2.45, 2.75) is 119 Å². The van der Waals surface area contributed by atoms with Gasteiger partial charge < -0.3 is 73.2 Å². The van der Waals surface area contributed by atoms with Crippen molar-refractivity contribution in [3.63, 3.8) is 0 Å². The molecule has 0 aromatic heterocycles. The number of hydrogen-bond acceptors (Lipinski definition) is 14. The van der Waals surface area contributed by atoms with Crippen LogP contribution in [0.25, 0.3) is 0 Å². The lowest BCUT2D eigenvalue weighted by Gasteiger charge is -2.42. The number of rotatable bonds is 23. The Balaban J connectivity index is 2.24. The Labute approximate surface area is 311 Å². The van der Waals surface area contributed by atoms with Crippen LogP contribution in [0.5, 0.6) is 0 Å². The van der Waals surface area contributed by atoms with Gasteiger partial charge in [0.15, 0.2) is 12.1 Å². The van der Waals surface area contributed by atoms with Crippen LogP contribution in [0, 0.1) is 5.92 Å². The number of ether oxygens (including phenoxy) is 1. The van der Waals surface area contributed by atoms with Crippen molar-refractivity contribution in [1.29, 1.82) is 0 Å². The fourth-order valence-corrected chi connectivity index (χ4v) is 5.69. The normalized spacial score (nSPS) is 23.2. The zero-order valence-corrected chi connectivity index (χ0v) is 30.2. The van der Waals surface area contributed by atoms with Gasteiger partial charge in [0, 0.05) is 12.5 Å². The molecule has 0 saturated carbocycles. The SMILES string of the molecule is CC(C)CCCCC[C@H](CC(=O)N[C@H](CC(N)=O)C(=O)N[C@H](C(=O)N[C@@H](C(=O)O)[C@@H](O)c1ccccc1)[C@@H](O)C(N)=O)NC[C@@]1(O)OC[C@@H](O)[C@@H](O)[C@@H]1O. The first kappa shape index (κ1) is 45.9. The largest absolute Gasteiger partial charge is 0.480 e. The number of aliphatic carboxylic acids is 1. The minimum Gasteiger partial charge on any atom is -0.480 e. The van der Waals surface area contributed by atoms with E-state index in [0.717, 1.165) is 19.3 Å². The minimum atomic E-state index is -2.45. The molecule has 1 aromatic rings. The summed E-state index contributed by atoms with van der Waals surface area (Å²) in [5.41, 5.74) is 10.6. The molecule has 20 nitrogen and oxygen atoms in total. The van der Waals surface area contributed by atoms with Crippen molar-refractivity contribution in [2.75, 3.05) is 13.2 Å². The second-order valence-corrected chi connectivity index (χ2v) is 13.8. The molecule has 0 spiro atoms. The fourth-order valence-electron chi connectivity index (χ4n) is 5.69. The van der Waals surface area contributed by atoms with Crippen LogP contribution >= 0.6 is 0 Å². The Morgan fingerprint density at radius 2 is 1.48 bits per heavy atom. The van der Waals surface area contributed by atoms with E-state index in [1.165, 1.54) is 24.3 Å². The molecule has 1 heterocycles. The molecule has 304 valence electrons. The summed E-state index contributed by atoms with van der Waals surface area (Å²) in [6.45, 7) is 3.16. The van der Waals surface area contributed by atoms with Crippen molar-refractivity contribution in [1.82, 2.24) is 21.3 Å². The van der Waals surface area contributed by atoms with Crippen molar-refractivity contribution in [3.8, 4) is 0 Å². The van der Waals surface area contributed by atoms with Gasteiger partial charge in [-0.1, -0.05) is 69.9 Å². The topological polar surface area (TPSA) is 353 Å². The average molecular weight is 771 g/mol. The quantitative estimate of drug-likeness (QED) is 0.0469. The van der Waals surface area contributed by atoms with Gasteiger partial charge in [0.25, 0.3) is 0 Å². The number of nitrogens with two attached hydrogens (primary N) is 2. The summed E-state index contributed by atoms with van der Waals surface area (Å²) >= 11 is 0. The van der Waals surface area contributed by atoms with Crippen LogP contribution in [0.4, 0.5) is 0 Å². The molecule has 15 N–H and O–H groups in total. The second kappa shape index (κ2) is 21.6. The summed E-state index contributed by atoms with van der Waals surface area (Å²) < 4.78 is 5.19. The lowest BCUT2D eigenvalue weighted by molar-refractivity contribution is -0.318. The highest BCUT2D eigenvalue weighted by Gasteiger charge is 2.48. The van der Waals surface area contributed by atoms with E-state index in [0.29, 0.717) is 18.8 Å². The van der Waals surface area contributed by atoms with E-state index in [4.69, 9.17) is 16.2 Å². The van der Waals surface area contributed by atoms with Gasteiger partial charge in [0.2, 0.25) is 35.3 Å². The molecular formula is C34H54N6O14. The number of unbranched alkanes of at least 4 members (excludes halogenated alkanes) is 2. The van der Waals surface area contributed by atoms with E-state index in [-0.39, 0.29) is 5.56 Å². The highest BCUT2D eigenvalue weighted by molar-refractivity contribution is 5.98. The maximum atomic E-state index is 13.4. The van der Waals surface area contributed by atoms with Crippen LogP contribution in [-0.2, 0) is 33.5 Å². The number of carbonyl (C=O) groups is 6. The van der Waals surface area contributed by atoms with Gasteiger partial charge in [0.05, 0.1) is 19.6 Å². The summed E-state index contributed by atoms with van der Waals surface area (Å²) in [5, 5.41) is 81.0. The molecule has 1 saturated heterocycles. The third-order valence-corrected chi connectivity index (χ3v) is 8.86. The molecule has 54 heavy (non-hydrogen) atoms. The molecular weight excluding hydrogens is 716 g/mol. The number of benzene rings is 1. The highest BCUT2D eigenvalue weighted by atomic mass is 16.6. The Hall–Kier alpha value is -4.28. The van der Waals surface area contributed by atoms with E-state index < -0.39 is 122 Å². The number of carbonyl (C=O) groups excluding carboxylic acids is 5. The molecule has 0 unspecified atom stereocenters. The number of amides is 5. The zero-order valence-electron chi connectivity index (χ0n) is 30.2. The standard InChI is InChI=1S/C34H54N6O14/c1-17(2)9-5-3-8-12-19(37-16-34(53)29(47)27(45)21(41)15-54-34)13-23(43)38-20(14-22(35)42)31(49)39-24(28(46)30(36)48)32(50)40-25(33(51)52)26(44)18-10-6-4-7-11-18/h4,6-7,10-11,17,19-21,24-29,37,41,44-47,53H,3,5,8-9,12-16H2,1-2H3,(H2,35,42)(H2,36,48)(H,38,43)(H,39,49)(H,40,50)(H,51,52)/t19-,20-,21-,24+,25-,26+,27-,28-,29+,34-/m1/s1. The number of aliphatic hydroxyl groups is 6. The van der Waals surface area contributed by atoms with Crippen molar-refractivity contribution in [2.24, 2.45) is 17.4 Å². The molecule has 0 bridgehead atoms. The number of carboxylic acids is 1. The maximum absolute atomic E-state index is 13.4.